The molecule has 0 saturated carbocycles. The number of aryl methyl sites for hydroxylation is 1. The Morgan fingerprint density at radius 1 is 0.652 bits per heavy atom. The number of thiol groups is 1. The minimum atomic E-state index is 0.606. The molecule has 0 aliphatic heterocycles. The molecule has 6 aromatic rings. The summed E-state index contributed by atoms with van der Waals surface area (Å²) < 4.78 is 0. The molecule has 0 aliphatic carbocycles. The Balaban J connectivity index is 0.000000211. The highest BCUT2D eigenvalue weighted by molar-refractivity contribution is 7.84. The fourth-order valence-electron chi connectivity index (χ4n) is 4.69. The van der Waals surface area contributed by atoms with Crippen molar-refractivity contribution in [1.29, 1.82) is 0 Å². The first kappa shape index (κ1) is 35.6. The fraction of sp³-hybridized carbons (Fsp3) is 0.0732. The highest BCUT2D eigenvalue weighted by atomic mass is 32.1. The van der Waals surface area contributed by atoms with Gasteiger partial charge in [-0.15, -0.1) is 12.6 Å². The van der Waals surface area contributed by atoms with Gasteiger partial charge in [0, 0.05) is 17.6 Å². The molecule has 5 heteroatoms. The Kier molecular flexibility index (Phi) is 15.1. The minimum absolute atomic E-state index is 0.606. The SMILES string of the molecule is C=C(S)/C=C\c1ccc2cc(Cc3ccccc3)ccc2c1N.Cc1ccccc1.NCc1ccc(-c2ccccc2)cc1.NN. The molecule has 0 atom stereocenters. The Labute approximate surface area is 279 Å². The van der Waals surface area contributed by atoms with Gasteiger partial charge in [-0.2, -0.15) is 0 Å². The van der Waals surface area contributed by atoms with Gasteiger partial charge in [0.2, 0.25) is 0 Å². The van der Waals surface area contributed by atoms with Gasteiger partial charge in [0.15, 0.2) is 0 Å². The lowest BCUT2D eigenvalue weighted by Crippen LogP contribution is -2.02. The van der Waals surface area contributed by atoms with Crippen LogP contribution in [-0.4, -0.2) is 0 Å². The Bertz CT molecular complexity index is 1780. The average Bonchev–Trinajstić information content (AvgIpc) is 3.10. The maximum absolute atomic E-state index is 6.30. The lowest BCUT2D eigenvalue weighted by Gasteiger charge is -2.09. The van der Waals surface area contributed by atoms with E-state index in [4.69, 9.17) is 11.5 Å². The number of anilines is 1. The largest absolute Gasteiger partial charge is 0.398 e. The molecule has 0 saturated heterocycles. The van der Waals surface area contributed by atoms with Crippen molar-refractivity contribution >= 4 is 35.2 Å². The summed E-state index contributed by atoms with van der Waals surface area (Å²) in [6.07, 6.45) is 4.73. The molecule has 0 fully saturated rings. The normalized spacial score (nSPS) is 10.1. The van der Waals surface area contributed by atoms with Crippen LogP contribution in [0.5, 0.6) is 0 Å². The highest BCUT2D eigenvalue weighted by Gasteiger charge is 2.04. The third-order valence-corrected chi connectivity index (χ3v) is 7.25. The van der Waals surface area contributed by atoms with Crippen LogP contribution in [-0.2, 0) is 13.0 Å². The van der Waals surface area contributed by atoms with E-state index in [1.807, 2.05) is 60.7 Å². The molecular formula is C41H44N4S. The molecule has 6 rings (SSSR count). The van der Waals surface area contributed by atoms with E-state index in [1.165, 1.54) is 33.4 Å². The molecule has 4 nitrogen and oxygen atoms in total. The monoisotopic (exact) mass is 624 g/mol. The van der Waals surface area contributed by atoms with Crippen LogP contribution >= 0.6 is 12.6 Å². The van der Waals surface area contributed by atoms with Crippen molar-refractivity contribution in [3.63, 3.8) is 0 Å². The van der Waals surface area contributed by atoms with Gasteiger partial charge in [0.25, 0.3) is 0 Å². The maximum Gasteiger partial charge on any atom is 0.0467 e. The number of nitrogen functional groups attached to an aromatic ring is 1. The van der Waals surface area contributed by atoms with E-state index >= 15 is 0 Å². The van der Waals surface area contributed by atoms with E-state index in [0.29, 0.717) is 11.4 Å². The average molecular weight is 625 g/mol. The second-order valence-corrected chi connectivity index (χ2v) is 11.1. The van der Waals surface area contributed by atoms with E-state index in [9.17, 15) is 0 Å². The number of rotatable bonds is 6. The van der Waals surface area contributed by atoms with Gasteiger partial charge in [-0.05, 0) is 63.1 Å². The van der Waals surface area contributed by atoms with Crippen LogP contribution in [0.2, 0.25) is 0 Å². The summed E-state index contributed by atoms with van der Waals surface area (Å²) in [6, 6.07) is 50.1. The van der Waals surface area contributed by atoms with Crippen LogP contribution in [0.25, 0.3) is 28.0 Å². The fourth-order valence-corrected chi connectivity index (χ4v) is 4.77. The summed E-state index contributed by atoms with van der Waals surface area (Å²) in [7, 11) is 0. The van der Waals surface area contributed by atoms with Crippen molar-refractivity contribution in [3.05, 3.63) is 191 Å². The van der Waals surface area contributed by atoms with Gasteiger partial charge in [-0.25, -0.2) is 0 Å². The van der Waals surface area contributed by atoms with Gasteiger partial charge < -0.3 is 11.5 Å². The molecule has 46 heavy (non-hydrogen) atoms. The molecule has 0 amide bonds. The second kappa shape index (κ2) is 19.5. The quantitative estimate of drug-likeness (QED) is 0.0419. The Morgan fingerprint density at radius 3 is 1.74 bits per heavy atom. The summed E-state index contributed by atoms with van der Waals surface area (Å²) in [5.74, 6) is 8.00. The van der Waals surface area contributed by atoms with Crippen LogP contribution in [0, 0.1) is 6.92 Å². The first-order valence-electron chi connectivity index (χ1n) is 15.0. The number of nitrogens with two attached hydrogens (primary N) is 4. The van der Waals surface area contributed by atoms with Gasteiger partial charge in [-0.3, -0.25) is 11.7 Å². The smallest absolute Gasteiger partial charge is 0.0467 e. The highest BCUT2D eigenvalue weighted by Crippen LogP contribution is 2.28. The van der Waals surface area contributed by atoms with Gasteiger partial charge >= 0.3 is 0 Å². The number of hydrazine groups is 1. The molecule has 0 radical (unpaired) electrons. The third-order valence-electron chi connectivity index (χ3n) is 7.10. The lowest BCUT2D eigenvalue weighted by molar-refractivity contribution is 1.07. The maximum atomic E-state index is 6.30. The predicted molar refractivity (Wildman–Crippen MR) is 204 cm³/mol. The van der Waals surface area contributed by atoms with E-state index in [2.05, 4.69) is 135 Å². The summed E-state index contributed by atoms with van der Waals surface area (Å²) in [4.78, 5) is 0.711. The molecule has 0 heterocycles. The minimum Gasteiger partial charge on any atom is -0.398 e. The molecule has 234 valence electrons. The van der Waals surface area contributed by atoms with Crippen molar-refractivity contribution in [3.8, 4) is 11.1 Å². The zero-order valence-electron chi connectivity index (χ0n) is 26.4. The number of hydrogen-bond acceptors (Lipinski definition) is 5. The van der Waals surface area contributed by atoms with Crippen LogP contribution in [0.4, 0.5) is 5.69 Å². The summed E-state index contributed by atoms with van der Waals surface area (Å²) in [6.45, 7) is 6.44. The van der Waals surface area contributed by atoms with Crippen molar-refractivity contribution in [2.24, 2.45) is 17.4 Å². The Hall–Kier alpha value is -4.91. The summed E-state index contributed by atoms with van der Waals surface area (Å²) in [5.41, 5.74) is 21.2. The number of hydrogen-bond donors (Lipinski definition) is 5. The number of benzene rings is 6. The van der Waals surface area contributed by atoms with Gasteiger partial charge in [0.1, 0.15) is 0 Å². The zero-order chi connectivity index (χ0) is 33.1. The van der Waals surface area contributed by atoms with Gasteiger partial charge in [0.05, 0.1) is 0 Å². The lowest BCUT2D eigenvalue weighted by atomic mass is 9.98. The van der Waals surface area contributed by atoms with E-state index < -0.39 is 0 Å². The molecule has 6 aromatic carbocycles. The first-order valence-corrected chi connectivity index (χ1v) is 15.5. The Morgan fingerprint density at radius 2 is 1.20 bits per heavy atom. The van der Waals surface area contributed by atoms with Crippen molar-refractivity contribution in [2.75, 3.05) is 5.73 Å². The van der Waals surface area contributed by atoms with Crippen LogP contribution in [0.3, 0.4) is 0 Å². The van der Waals surface area contributed by atoms with Crippen LogP contribution < -0.4 is 23.2 Å². The molecule has 0 aromatic heterocycles. The van der Waals surface area contributed by atoms with E-state index in [0.717, 1.165) is 28.4 Å². The summed E-state index contributed by atoms with van der Waals surface area (Å²) >= 11 is 4.17. The van der Waals surface area contributed by atoms with E-state index in [1.54, 1.807) is 0 Å². The first-order chi connectivity index (χ1) is 22.4. The molecule has 8 N–H and O–H groups in total. The number of fused-ring (bicyclic) bond motifs is 1. The van der Waals surface area contributed by atoms with Crippen LogP contribution in [0.15, 0.2) is 163 Å². The molecule has 0 bridgehead atoms. The molecule has 0 unspecified atom stereocenters. The van der Waals surface area contributed by atoms with Crippen LogP contribution in [0.1, 0.15) is 27.8 Å². The number of allylic oxidation sites excluding steroid dienone is 1. The van der Waals surface area contributed by atoms with Gasteiger partial charge in [-0.1, -0.05) is 164 Å². The third kappa shape index (κ3) is 11.5. The summed E-state index contributed by atoms with van der Waals surface area (Å²) in [5, 5.41) is 2.24. The molecule has 0 aliphatic rings. The molecule has 0 spiro atoms. The zero-order valence-corrected chi connectivity index (χ0v) is 27.3. The van der Waals surface area contributed by atoms with Crippen molar-refractivity contribution in [1.82, 2.24) is 0 Å². The predicted octanol–water partition coefficient (Wildman–Crippen LogP) is 9.10. The van der Waals surface area contributed by atoms with Crippen molar-refractivity contribution in [2.45, 2.75) is 19.9 Å². The second-order valence-electron chi connectivity index (χ2n) is 10.5. The standard InChI is InChI=1S/C21H19NS.C13H13N.C7H8.H4N2/c1-15(23)7-9-18-10-11-19-14-17(8-12-20(19)21(18)22)13-16-5-3-2-4-6-16;14-10-11-6-8-13(9-7-11)12-4-2-1-3-5-12;1-7-5-3-2-4-6-7;1-2/h2-12,14,23H,1,13,22H2;1-9H,10,14H2;2-6H,1H3;1-2H2/b9-7-;;;. The molecular weight excluding hydrogens is 581 g/mol. The van der Waals surface area contributed by atoms with Crippen molar-refractivity contribution < 1.29 is 0 Å². The van der Waals surface area contributed by atoms with E-state index in [-0.39, 0.29) is 0 Å². The topological polar surface area (TPSA) is 104 Å².